The van der Waals surface area contributed by atoms with Crippen LogP contribution in [0.25, 0.3) is 22.0 Å². The van der Waals surface area contributed by atoms with E-state index in [1.807, 2.05) is 68.4 Å². The van der Waals surface area contributed by atoms with Gasteiger partial charge in [-0.25, -0.2) is 10.2 Å². The second-order valence-corrected chi connectivity index (χ2v) is 9.40. The van der Waals surface area contributed by atoms with Crippen LogP contribution in [-0.4, -0.2) is 29.7 Å². The number of ether oxygens (including phenoxy) is 2. The van der Waals surface area contributed by atoms with Crippen molar-refractivity contribution in [1.82, 2.24) is 10.4 Å². The van der Waals surface area contributed by atoms with Crippen LogP contribution < -0.4 is 14.9 Å². The van der Waals surface area contributed by atoms with Crippen molar-refractivity contribution >= 4 is 40.6 Å². The number of aromatic amines is 1. The van der Waals surface area contributed by atoms with Crippen LogP contribution in [0.4, 0.5) is 0 Å². The van der Waals surface area contributed by atoms with E-state index in [4.69, 9.17) is 21.1 Å². The summed E-state index contributed by atoms with van der Waals surface area (Å²) in [6.07, 6.45) is 1.49. The van der Waals surface area contributed by atoms with Crippen LogP contribution in [-0.2, 0) is 0 Å². The van der Waals surface area contributed by atoms with Gasteiger partial charge in [-0.3, -0.25) is 4.79 Å². The molecule has 2 N–H and O–H groups in total. The van der Waals surface area contributed by atoms with E-state index in [1.165, 1.54) is 6.21 Å². The van der Waals surface area contributed by atoms with Crippen LogP contribution >= 0.6 is 11.6 Å². The summed E-state index contributed by atoms with van der Waals surface area (Å²) in [4.78, 5) is 29.0. The summed E-state index contributed by atoms with van der Waals surface area (Å²) in [5, 5.41) is 5.51. The zero-order valence-electron chi connectivity index (χ0n) is 21.9. The molecule has 1 aromatic heterocycles. The van der Waals surface area contributed by atoms with E-state index >= 15 is 0 Å². The van der Waals surface area contributed by atoms with Crippen molar-refractivity contribution in [3.8, 4) is 22.6 Å². The maximum Gasteiger partial charge on any atom is 0.343 e. The van der Waals surface area contributed by atoms with E-state index in [1.54, 1.807) is 36.4 Å². The molecule has 0 bridgehead atoms. The maximum atomic E-state index is 13.2. The first-order chi connectivity index (χ1) is 19.4. The third-order valence-electron chi connectivity index (χ3n) is 6.21. The number of fused-ring (bicyclic) bond motifs is 1. The van der Waals surface area contributed by atoms with E-state index in [0.717, 1.165) is 22.1 Å². The number of carbonyl (C=O) groups excluding carboxylic acids is 2. The van der Waals surface area contributed by atoms with Gasteiger partial charge in [-0.2, -0.15) is 5.10 Å². The number of benzene rings is 4. The minimum atomic E-state index is -0.484. The fourth-order valence-corrected chi connectivity index (χ4v) is 4.51. The lowest BCUT2D eigenvalue weighted by Crippen LogP contribution is -2.18. The van der Waals surface area contributed by atoms with Crippen LogP contribution in [0.3, 0.4) is 0 Å². The predicted octanol–water partition coefficient (Wildman–Crippen LogP) is 7.18. The smallest absolute Gasteiger partial charge is 0.343 e. The fourth-order valence-electron chi connectivity index (χ4n) is 4.28. The van der Waals surface area contributed by atoms with E-state index in [0.29, 0.717) is 39.7 Å². The Balaban J connectivity index is 1.36. The molecule has 0 saturated carbocycles. The van der Waals surface area contributed by atoms with Gasteiger partial charge in [0, 0.05) is 10.9 Å². The molecule has 0 atom stereocenters. The number of para-hydroxylation sites is 1. The number of hydrogen-bond donors (Lipinski definition) is 2. The number of carbonyl (C=O) groups is 2. The highest BCUT2D eigenvalue weighted by molar-refractivity contribution is 6.36. The average Bonchev–Trinajstić information content (AvgIpc) is 3.36. The molecule has 5 aromatic rings. The second kappa shape index (κ2) is 11.9. The van der Waals surface area contributed by atoms with Gasteiger partial charge >= 0.3 is 5.97 Å². The minimum Gasteiger partial charge on any atom is -0.490 e. The monoisotopic (exact) mass is 551 g/mol. The summed E-state index contributed by atoms with van der Waals surface area (Å²) in [7, 11) is 0. The topological polar surface area (TPSA) is 92.8 Å². The van der Waals surface area contributed by atoms with E-state index in [2.05, 4.69) is 15.5 Å². The SMILES string of the molecule is CCOc1cc(C=NNC(=O)c2[nH]c3c(Cl)cccc3c2-c2ccccc2)ccc1OC(=O)c1ccc(C)cc1. The first-order valence-electron chi connectivity index (χ1n) is 12.7. The van der Waals surface area contributed by atoms with Gasteiger partial charge in [-0.05, 0) is 61.4 Å². The van der Waals surface area contributed by atoms with Crippen LogP contribution in [0.5, 0.6) is 11.5 Å². The summed E-state index contributed by atoms with van der Waals surface area (Å²) in [6, 6.07) is 27.3. The molecular formula is C32H26ClN3O4. The first-order valence-corrected chi connectivity index (χ1v) is 13.1. The molecule has 1 amide bonds. The van der Waals surface area contributed by atoms with Crippen molar-refractivity contribution in [1.29, 1.82) is 0 Å². The molecule has 0 aliphatic rings. The number of halogens is 1. The molecule has 0 radical (unpaired) electrons. The van der Waals surface area contributed by atoms with Gasteiger partial charge in [0.05, 0.1) is 28.9 Å². The van der Waals surface area contributed by atoms with Gasteiger partial charge < -0.3 is 14.5 Å². The lowest BCUT2D eigenvalue weighted by Gasteiger charge is -2.11. The van der Waals surface area contributed by atoms with Crippen LogP contribution in [0, 0.1) is 6.92 Å². The Bertz CT molecular complexity index is 1710. The van der Waals surface area contributed by atoms with Crippen molar-refractivity contribution in [2.45, 2.75) is 13.8 Å². The quantitative estimate of drug-likeness (QED) is 0.0924. The molecule has 5 rings (SSSR count). The van der Waals surface area contributed by atoms with E-state index in [-0.39, 0.29) is 5.75 Å². The first kappa shape index (κ1) is 26.7. The standard InChI is InChI=1S/C32H26ClN3O4/c1-3-39-27-18-21(14-17-26(27)40-32(38)23-15-12-20(2)13-16-23)19-34-36-31(37)30-28(22-8-5-4-6-9-22)24-10-7-11-25(33)29(24)35-30/h4-19,35H,3H2,1-2H3,(H,36,37). The molecule has 0 spiro atoms. The van der Waals surface area contributed by atoms with Crippen molar-refractivity contribution in [3.63, 3.8) is 0 Å². The third-order valence-corrected chi connectivity index (χ3v) is 6.52. The molecule has 7 nitrogen and oxygen atoms in total. The number of aromatic nitrogens is 1. The number of nitrogens with one attached hydrogen (secondary N) is 2. The Morgan fingerprint density at radius 1 is 0.950 bits per heavy atom. The highest BCUT2D eigenvalue weighted by Gasteiger charge is 2.20. The fraction of sp³-hybridized carbons (Fsp3) is 0.0938. The normalized spacial score (nSPS) is 11.1. The number of esters is 1. The molecule has 8 heteroatoms. The second-order valence-electron chi connectivity index (χ2n) is 9.00. The van der Waals surface area contributed by atoms with Gasteiger partial charge in [-0.15, -0.1) is 0 Å². The summed E-state index contributed by atoms with van der Waals surface area (Å²) >= 11 is 6.41. The van der Waals surface area contributed by atoms with Crippen molar-refractivity contribution in [2.75, 3.05) is 6.61 Å². The molecule has 0 aliphatic heterocycles. The Hall–Kier alpha value is -4.88. The Morgan fingerprint density at radius 2 is 1.73 bits per heavy atom. The number of amides is 1. The largest absolute Gasteiger partial charge is 0.490 e. The predicted molar refractivity (Wildman–Crippen MR) is 158 cm³/mol. The lowest BCUT2D eigenvalue weighted by molar-refractivity contribution is 0.0728. The molecule has 0 fully saturated rings. The molecule has 40 heavy (non-hydrogen) atoms. The van der Waals surface area contributed by atoms with Crippen LogP contribution in [0.2, 0.25) is 5.02 Å². The number of aryl methyl sites for hydroxylation is 1. The van der Waals surface area contributed by atoms with Crippen molar-refractivity contribution in [3.05, 3.63) is 118 Å². The Labute approximate surface area is 236 Å². The highest BCUT2D eigenvalue weighted by Crippen LogP contribution is 2.35. The number of rotatable bonds is 8. The molecule has 200 valence electrons. The maximum absolute atomic E-state index is 13.2. The van der Waals surface area contributed by atoms with Gasteiger partial charge in [0.15, 0.2) is 11.5 Å². The van der Waals surface area contributed by atoms with Crippen LogP contribution in [0.15, 0.2) is 96.1 Å². The number of nitrogens with zero attached hydrogens (tertiary/aromatic N) is 1. The highest BCUT2D eigenvalue weighted by atomic mass is 35.5. The van der Waals surface area contributed by atoms with E-state index in [9.17, 15) is 9.59 Å². The molecular weight excluding hydrogens is 526 g/mol. The number of hydrogen-bond acceptors (Lipinski definition) is 5. The summed E-state index contributed by atoms with van der Waals surface area (Å²) < 4.78 is 11.3. The van der Waals surface area contributed by atoms with Gasteiger partial charge in [0.2, 0.25) is 0 Å². The Morgan fingerprint density at radius 3 is 2.48 bits per heavy atom. The summed E-state index contributed by atoms with van der Waals surface area (Å²) in [6.45, 7) is 4.16. The molecule has 0 unspecified atom stereocenters. The minimum absolute atomic E-state index is 0.288. The van der Waals surface area contributed by atoms with E-state index < -0.39 is 11.9 Å². The average molecular weight is 552 g/mol. The van der Waals surface area contributed by atoms with Gasteiger partial charge in [0.1, 0.15) is 5.69 Å². The number of H-pyrrole nitrogens is 1. The third kappa shape index (κ3) is 5.75. The zero-order valence-corrected chi connectivity index (χ0v) is 22.7. The summed E-state index contributed by atoms with van der Waals surface area (Å²) in [5.41, 5.74) is 7.36. The van der Waals surface area contributed by atoms with Crippen LogP contribution in [0.1, 0.15) is 38.9 Å². The molecule has 4 aromatic carbocycles. The van der Waals surface area contributed by atoms with Crippen molar-refractivity contribution in [2.24, 2.45) is 5.10 Å². The molecule has 0 saturated heterocycles. The molecule has 1 heterocycles. The van der Waals surface area contributed by atoms with Gasteiger partial charge in [-0.1, -0.05) is 71.8 Å². The lowest BCUT2D eigenvalue weighted by atomic mass is 10.0. The zero-order chi connectivity index (χ0) is 28.1. The van der Waals surface area contributed by atoms with Crippen molar-refractivity contribution < 1.29 is 19.1 Å². The Kier molecular flexibility index (Phi) is 7.94. The molecule has 0 aliphatic carbocycles. The van der Waals surface area contributed by atoms with Gasteiger partial charge in [0.25, 0.3) is 5.91 Å². The number of hydrazone groups is 1. The summed E-state index contributed by atoms with van der Waals surface area (Å²) in [5.74, 6) is -0.232.